The molecule has 1 heterocycles. The summed E-state index contributed by atoms with van der Waals surface area (Å²) in [7, 11) is 0. The second-order valence-electron chi connectivity index (χ2n) is 4.30. The Labute approximate surface area is 74.1 Å². The highest BCUT2D eigenvalue weighted by atomic mass is 32.2. The molecule has 1 saturated heterocycles. The lowest BCUT2D eigenvalue weighted by atomic mass is 9.75. The molecule has 1 aliphatic heterocycles. The molecule has 0 saturated carbocycles. The predicted octanol–water partition coefficient (Wildman–Crippen LogP) is 2.11. The van der Waals surface area contributed by atoms with Gasteiger partial charge in [-0.3, -0.25) is 0 Å². The molecule has 2 N–H and O–H groups in total. The van der Waals surface area contributed by atoms with Gasteiger partial charge in [-0.25, -0.2) is 0 Å². The van der Waals surface area contributed by atoms with Crippen molar-refractivity contribution >= 4 is 11.8 Å². The van der Waals surface area contributed by atoms with E-state index >= 15 is 0 Å². The molecule has 0 aromatic carbocycles. The summed E-state index contributed by atoms with van der Waals surface area (Å²) in [5.41, 5.74) is 6.39. The fraction of sp³-hybridized carbons (Fsp3) is 1.00. The molecule has 0 amide bonds. The number of hydrogen-bond donors (Lipinski definition) is 1. The third-order valence-electron chi connectivity index (χ3n) is 2.69. The van der Waals surface area contributed by atoms with Gasteiger partial charge in [-0.2, -0.15) is 11.8 Å². The summed E-state index contributed by atoms with van der Waals surface area (Å²) in [5, 5.41) is 0. The normalized spacial score (nSPS) is 33.3. The van der Waals surface area contributed by atoms with Crippen molar-refractivity contribution in [3.63, 3.8) is 0 Å². The van der Waals surface area contributed by atoms with Gasteiger partial charge in [0.2, 0.25) is 0 Å². The quantitative estimate of drug-likeness (QED) is 0.657. The molecule has 66 valence electrons. The van der Waals surface area contributed by atoms with E-state index in [0.717, 1.165) is 5.92 Å². The van der Waals surface area contributed by atoms with E-state index in [1.165, 1.54) is 17.9 Å². The first-order valence-electron chi connectivity index (χ1n) is 4.37. The predicted molar refractivity (Wildman–Crippen MR) is 52.9 cm³/mol. The molecule has 1 aliphatic rings. The van der Waals surface area contributed by atoms with Gasteiger partial charge in [0.15, 0.2) is 0 Å². The molecule has 1 fully saturated rings. The molecular formula is C9H19NS. The Balaban J connectivity index is 2.60. The first-order chi connectivity index (χ1) is 5.04. The maximum Gasteiger partial charge on any atom is 0.00444 e. The summed E-state index contributed by atoms with van der Waals surface area (Å²) in [6.07, 6.45) is 1.30. The highest BCUT2D eigenvalue weighted by Crippen LogP contribution is 2.39. The summed E-state index contributed by atoms with van der Waals surface area (Å²) in [4.78, 5) is 0. The first-order valence-corrected chi connectivity index (χ1v) is 5.53. The van der Waals surface area contributed by atoms with Gasteiger partial charge in [-0.1, -0.05) is 13.8 Å². The van der Waals surface area contributed by atoms with Gasteiger partial charge in [0.05, 0.1) is 0 Å². The minimum absolute atomic E-state index is 0.367. The molecular weight excluding hydrogens is 154 g/mol. The van der Waals surface area contributed by atoms with Crippen LogP contribution in [0.15, 0.2) is 0 Å². The van der Waals surface area contributed by atoms with E-state index in [4.69, 9.17) is 5.73 Å². The summed E-state index contributed by atoms with van der Waals surface area (Å²) in [6, 6.07) is 0.367. The summed E-state index contributed by atoms with van der Waals surface area (Å²) < 4.78 is 0. The van der Waals surface area contributed by atoms with Crippen LogP contribution in [0.1, 0.15) is 27.2 Å². The standard InChI is InChI=1S/C9H19NS/c1-7(10)8-4-5-11-6-9(8,2)3/h7-8H,4-6,10H2,1-3H3. The topological polar surface area (TPSA) is 26.0 Å². The Morgan fingerprint density at radius 1 is 1.55 bits per heavy atom. The molecule has 0 aromatic heterocycles. The molecule has 11 heavy (non-hydrogen) atoms. The van der Waals surface area contributed by atoms with Gasteiger partial charge in [0.25, 0.3) is 0 Å². The van der Waals surface area contributed by atoms with E-state index in [9.17, 15) is 0 Å². The Kier molecular flexibility index (Phi) is 2.87. The molecule has 0 radical (unpaired) electrons. The molecule has 0 aliphatic carbocycles. The van der Waals surface area contributed by atoms with Crippen LogP contribution in [0.3, 0.4) is 0 Å². The maximum atomic E-state index is 5.93. The lowest BCUT2D eigenvalue weighted by Gasteiger charge is -2.40. The van der Waals surface area contributed by atoms with Crippen LogP contribution in [-0.4, -0.2) is 17.5 Å². The van der Waals surface area contributed by atoms with Crippen LogP contribution < -0.4 is 5.73 Å². The molecule has 0 aromatic rings. The van der Waals surface area contributed by atoms with E-state index in [0.29, 0.717) is 11.5 Å². The monoisotopic (exact) mass is 173 g/mol. The fourth-order valence-electron chi connectivity index (χ4n) is 2.02. The average Bonchev–Trinajstić information content (AvgIpc) is 1.85. The molecule has 2 atom stereocenters. The molecule has 0 spiro atoms. The van der Waals surface area contributed by atoms with E-state index < -0.39 is 0 Å². The van der Waals surface area contributed by atoms with E-state index in [1.807, 2.05) is 0 Å². The average molecular weight is 173 g/mol. The number of rotatable bonds is 1. The second kappa shape index (κ2) is 3.36. The van der Waals surface area contributed by atoms with Crippen molar-refractivity contribution in [3.8, 4) is 0 Å². The summed E-state index contributed by atoms with van der Waals surface area (Å²) in [6.45, 7) is 6.82. The maximum absolute atomic E-state index is 5.93. The third-order valence-corrected chi connectivity index (χ3v) is 4.16. The third kappa shape index (κ3) is 2.12. The van der Waals surface area contributed by atoms with Crippen molar-refractivity contribution in [2.45, 2.75) is 33.2 Å². The molecule has 2 unspecified atom stereocenters. The SMILES string of the molecule is CC(N)C1CCSCC1(C)C. The van der Waals surface area contributed by atoms with Crippen LogP contribution in [0, 0.1) is 11.3 Å². The van der Waals surface area contributed by atoms with Crippen LogP contribution >= 0.6 is 11.8 Å². The van der Waals surface area contributed by atoms with E-state index in [1.54, 1.807) is 0 Å². The Bertz CT molecular complexity index is 132. The zero-order valence-corrected chi connectivity index (χ0v) is 8.58. The van der Waals surface area contributed by atoms with Gasteiger partial charge in [-0.15, -0.1) is 0 Å². The molecule has 1 rings (SSSR count). The highest BCUT2D eigenvalue weighted by molar-refractivity contribution is 7.99. The van der Waals surface area contributed by atoms with E-state index in [-0.39, 0.29) is 0 Å². The van der Waals surface area contributed by atoms with Crippen LogP contribution in [0.4, 0.5) is 0 Å². The first kappa shape index (κ1) is 9.40. The van der Waals surface area contributed by atoms with Crippen LogP contribution in [0.5, 0.6) is 0 Å². The van der Waals surface area contributed by atoms with Gasteiger partial charge in [0.1, 0.15) is 0 Å². The van der Waals surface area contributed by atoms with Gasteiger partial charge < -0.3 is 5.73 Å². The van der Waals surface area contributed by atoms with Gasteiger partial charge >= 0.3 is 0 Å². The largest absolute Gasteiger partial charge is 0.328 e. The zero-order chi connectivity index (χ0) is 8.48. The van der Waals surface area contributed by atoms with Crippen molar-refractivity contribution in [1.29, 1.82) is 0 Å². The second-order valence-corrected chi connectivity index (χ2v) is 5.40. The Morgan fingerprint density at radius 3 is 2.55 bits per heavy atom. The van der Waals surface area contributed by atoms with E-state index in [2.05, 4.69) is 32.5 Å². The minimum atomic E-state index is 0.367. The molecule has 1 nitrogen and oxygen atoms in total. The lowest BCUT2D eigenvalue weighted by Crippen LogP contribution is -2.41. The number of thioether (sulfide) groups is 1. The van der Waals surface area contributed by atoms with Crippen LogP contribution in [-0.2, 0) is 0 Å². The van der Waals surface area contributed by atoms with Crippen LogP contribution in [0.25, 0.3) is 0 Å². The van der Waals surface area contributed by atoms with Crippen molar-refractivity contribution < 1.29 is 0 Å². The number of hydrogen-bond acceptors (Lipinski definition) is 2. The summed E-state index contributed by atoms with van der Waals surface area (Å²) in [5.74, 6) is 3.30. The number of nitrogens with two attached hydrogens (primary N) is 1. The lowest BCUT2D eigenvalue weighted by molar-refractivity contribution is 0.202. The van der Waals surface area contributed by atoms with Gasteiger partial charge in [-0.05, 0) is 36.2 Å². The van der Waals surface area contributed by atoms with Crippen molar-refractivity contribution in [2.75, 3.05) is 11.5 Å². The Hall–Kier alpha value is 0.310. The van der Waals surface area contributed by atoms with Crippen molar-refractivity contribution in [3.05, 3.63) is 0 Å². The summed E-state index contributed by atoms with van der Waals surface area (Å²) >= 11 is 2.07. The zero-order valence-electron chi connectivity index (χ0n) is 7.76. The highest BCUT2D eigenvalue weighted by Gasteiger charge is 2.34. The smallest absolute Gasteiger partial charge is 0.00444 e. The van der Waals surface area contributed by atoms with Crippen LogP contribution in [0.2, 0.25) is 0 Å². The fourth-order valence-corrected chi connectivity index (χ4v) is 3.32. The van der Waals surface area contributed by atoms with Gasteiger partial charge in [0, 0.05) is 6.04 Å². The Morgan fingerprint density at radius 2 is 2.18 bits per heavy atom. The van der Waals surface area contributed by atoms with Crippen molar-refractivity contribution in [2.24, 2.45) is 17.1 Å². The molecule has 0 bridgehead atoms. The van der Waals surface area contributed by atoms with Crippen molar-refractivity contribution in [1.82, 2.24) is 0 Å². The molecule has 2 heteroatoms. The minimum Gasteiger partial charge on any atom is -0.328 e.